The average molecular weight is 398 g/mol. The van der Waals surface area contributed by atoms with Gasteiger partial charge in [-0.25, -0.2) is 9.50 Å². The molecule has 0 saturated carbocycles. The fourth-order valence-corrected chi connectivity index (χ4v) is 3.64. The first kappa shape index (κ1) is 20.0. The van der Waals surface area contributed by atoms with Crippen molar-refractivity contribution in [2.24, 2.45) is 0 Å². The Labute approximate surface area is 168 Å². The van der Waals surface area contributed by atoms with E-state index in [1.165, 1.54) is 11.8 Å². The molecule has 8 heteroatoms. The second kappa shape index (κ2) is 8.52. The summed E-state index contributed by atoms with van der Waals surface area (Å²) in [5.41, 5.74) is 3.10. The van der Waals surface area contributed by atoms with Crippen LogP contribution in [-0.4, -0.2) is 36.5 Å². The van der Waals surface area contributed by atoms with Crippen LogP contribution in [0.1, 0.15) is 48.4 Å². The molecule has 1 N–H and O–H groups in total. The van der Waals surface area contributed by atoms with Gasteiger partial charge in [-0.3, -0.25) is 9.59 Å². The molecule has 0 aliphatic rings. The molecule has 1 unspecified atom stereocenters. The summed E-state index contributed by atoms with van der Waals surface area (Å²) in [6.07, 6.45) is 1.27. The van der Waals surface area contributed by atoms with Crippen molar-refractivity contribution in [3.63, 3.8) is 0 Å². The van der Waals surface area contributed by atoms with E-state index in [9.17, 15) is 9.59 Å². The Kier molecular flexibility index (Phi) is 6.08. The van der Waals surface area contributed by atoms with Gasteiger partial charge in [-0.05, 0) is 57.5 Å². The molecule has 2 heterocycles. The van der Waals surface area contributed by atoms with Crippen molar-refractivity contribution in [3.05, 3.63) is 47.3 Å². The topological polar surface area (TPSA) is 89.2 Å². The van der Waals surface area contributed by atoms with Gasteiger partial charge in [0.1, 0.15) is 0 Å². The minimum Gasteiger partial charge on any atom is -0.326 e. The van der Waals surface area contributed by atoms with Crippen LogP contribution < -0.4 is 5.32 Å². The number of carbonyl (C=O) groups is 2. The van der Waals surface area contributed by atoms with E-state index >= 15 is 0 Å². The summed E-state index contributed by atoms with van der Waals surface area (Å²) in [4.78, 5) is 33.2. The fraction of sp³-hybridized carbons (Fsp3) is 0.350. The molecule has 1 amide bonds. The van der Waals surface area contributed by atoms with Crippen molar-refractivity contribution in [3.8, 4) is 0 Å². The van der Waals surface area contributed by atoms with Crippen LogP contribution in [0.4, 0.5) is 5.69 Å². The van der Waals surface area contributed by atoms with Gasteiger partial charge in [-0.1, -0.05) is 18.7 Å². The van der Waals surface area contributed by atoms with Gasteiger partial charge in [0, 0.05) is 29.1 Å². The molecular formula is C20H23N5O2S. The second-order valence-corrected chi connectivity index (χ2v) is 7.95. The van der Waals surface area contributed by atoms with Gasteiger partial charge in [-0.2, -0.15) is 4.98 Å². The molecule has 7 nitrogen and oxygen atoms in total. The van der Waals surface area contributed by atoms with Gasteiger partial charge >= 0.3 is 0 Å². The zero-order valence-electron chi connectivity index (χ0n) is 16.4. The van der Waals surface area contributed by atoms with Crippen LogP contribution in [0.25, 0.3) is 5.78 Å². The van der Waals surface area contributed by atoms with E-state index in [2.05, 4.69) is 20.4 Å². The molecular weight excluding hydrogens is 374 g/mol. The van der Waals surface area contributed by atoms with Crippen LogP contribution in [0, 0.1) is 13.8 Å². The first-order valence-electron chi connectivity index (χ1n) is 9.19. The third-order valence-electron chi connectivity index (χ3n) is 4.18. The number of thioether (sulfide) groups is 1. The first-order valence-corrected chi connectivity index (χ1v) is 10.1. The zero-order valence-corrected chi connectivity index (χ0v) is 17.2. The largest absolute Gasteiger partial charge is 0.326 e. The molecule has 0 spiro atoms. The van der Waals surface area contributed by atoms with Crippen LogP contribution in [0.5, 0.6) is 0 Å². The van der Waals surface area contributed by atoms with Gasteiger partial charge in [0.25, 0.3) is 5.78 Å². The number of aromatic nitrogens is 4. The monoisotopic (exact) mass is 397 g/mol. The number of nitrogens with one attached hydrogen (secondary N) is 1. The summed E-state index contributed by atoms with van der Waals surface area (Å²) in [7, 11) is 0. The maximum atomic E-state index is 12.7. The van der Waals surface area contributed by atoms with E-state index in [0.717, 1.165) is 17.8 Å². The van der Waals surface area contributed by atoms with Crippen molar-refractivity contribution < 1.29 is 9.59 Å². The Hall–Kier alpha value is -2.74. The number of ketones is 1. The van der Waals surface area contributed by atoms with Gasteiger partial charge in [0.2, 0.25) is 11.1 Å². The van der Waals surface area contributed by atoms with Crippen molar-refractivity contribution in [2.75, 3.05) is 5.32 Å². The summed E-state index contributed by atoms with van der Waals surface area (Å²) >= 11 is 1.31. The number of benzene rings is 1. The van der Waals surface area contributed by atoms with E-state index in [1.54, 1.807) is 28.8 Å². The maximum absolute atomic E-state index is 12.7. The first-order chi connectivity index (χ1) is 13.4. The van der Waals surface area contributed by atoms with Crippen LogP contribution in [0.3, 0.4) is 0 Å². The summed E-state index contributed by atoms with van der Waals surface area (Å²) in [6, 6.07) is 8.89. The van der Waals surface area contributed by atoms with Crippen molar-refractivity contribution in [1.82, 2.24) is 19.6 Å². The standard InChI is InChI=1S/C20H23N5O2S/c1-5-6-17(26)22-16-9-7-15(8-10-16)18(27)14(4)28-20-23-19-21-12(2)11-13(3)25(19)24-20/h7-11,14H,5-6H2,1-4H3,(H,22,26). The Morgan fingerprint density at radius 2 is 1.89 bits per heavy atom. The molecule has 0 radical (unpaired) electrons. The SMILES string of the molecule is CCCC(=O)Nc1ccc(C(=O)C(C)Sc2nc3nc(C)cc(C)n3n2)cc1. The highest BCUT2D eigenvalue weighted by atomic mass is 32.2. The number of hydrogen-bond acceptors (Lipinski definition) is 6. The van der Waals surface area contributed by atoms with Crippen LogP contribution >= 0.6 is 11.8 Å². The number of anilines is 1. The van der Waals surface area contributed by atoms with Crippen LogP contribution in [-0.2, 0) is 4.79 Å². The minimum atomic E-state index is -0.348. The predicted molar refractivity (Wildman–Crippen MR) is 110 cm³/mol. The quantitative estimate of drug-likeness (QED) is 0.481. The molecule has 2 aromatic heterocycles. The van der Waals surface area contributed by atoms with E-state index in [4.69, 9.17) is 0 Å². The van der Waals surface area contributed by atoms with Gasteiger partial charge in [-0.15, -0.1) is 5.10 Å². The molecule has 0 bridgehead atoms. The maximum Gasteiger partial charge on any atom is 0.253 e. The van der Waals surface area contributed by atoms with Gasteiger partial charge in [0.05, 0.1) is 5.25 Å². The molecule has 0 saturated heterocycles. The number of hydrogen-bond donors (Lipinski definition) is 1. The zero-order chi connectivity index (χ0) is 20.3. The molecule has 1 atom stereocenters. The normalized spacial score (nSPS) is 12.1. The molecule has 0 aliphatic carbocycles. The van der Waals surface area contributed by atoms with E-state index in [1.807, 2.05) is 33.8 Å². The molecule has 28 heavy (non-hydrogen) atoms. The van der Waals surface area contributed by atoms with Gasteiger partial charge in [0.15, 0.2) is 5.78 Å². The highest BCUT2D eigenvalue weighted by Crippen LogP contribution is 2.24. The van der Waals surface area contributed by atoms with E-state index < -0.39 is 0 Å². The van der Waals surface area contributed by atoms with E-state index in [-0.39, 0.29) is 16.9 Å². The summed E-state index contributed by atoms with van der Waals surface area (Å²) in [5.74, 6) is 0.491. The molecule has 0 fully saturated rings. The van der Waals surface area contributed by atoms with E-state index in [0.29, 0.717) is 28.6 Å². The lowest BCUT2D eigenvalue weighted by molar-refractivity contribution is -0.116. The van der Waals surface area contributed by atoms with Crippen LogP contribution in [0.2, 0.25) is 0 Å². The smallest absolute Gasteiger partial charge is 0.253 e. The summed E-state index contributed by atoms with van der Waals surface area (Å²) in [6.45, 7) is 7.65. The Balaban J connectivity index is 1.69. The summed E-state index contributed by atoms with van der Waals surface area (Å²) in [5, 5.41) is 7.43. The van der Waals surface area contributed by atoms with Crippen molar-refractivity contribution in [2.45, 2.75) is 50.9 Å². The highest BCUT2D eigenvalue weighted by Gasteiger charge is 2.19. The third-order valence-corrected chi connectivity index (χ3v) is 5.13. The number of aryl methyl sites for hydroxylation is 2. The Bertz CT molecular complexity index is 1010. The molecule has 3 aromatic rings. The number of amides is 1. The molecule has 146 valence electrons. The number of nitrogens with zero attached hydrogens (tertiary/aromatic N) is 4. The lowest BCUT2D eigenvalue weighted by Crippen LogP contribution is -2.14. The number of Topliss-reactive ketones (excluding diaryl/α,β-unsaturated/α-hetero) is 1. The van der Waals surface area contributed by atoms with Gasteiger partial charge < -0.3 is 5.32 Å². The minimum absolute atomic E-state index is 0.0175. The van der Waals surface area contributed by atoms with Crippen LogP contribution in [0.15, 0.2) is 35.5 Å². The molecule has 3 rings (SSSR count). The summed E-state index contributed by atoms with van der Waals surface area (Å²) < 4.78 is 1.68. The van der Waals surface area contributed by atoms with Crippen molar-refractivity contribution in [1.29, 1.82) is 0 Å². The highest BCUT2D eigenvalue weighted by molar-refractivity contribution is 8.00. The second-order valence-electron chi connectivity index (χ2n) is 6.64. The number of carbonyl (C=O) groups excluding carboxylic acids is 2. The fourth-order valence-electron chi connectivity index (χ4n) is 2.81. The number of rotatable bonds is 7. The Morgan fingerprint density at radius 3 is 2.57 bits per heavy atom. The third kappa shape index (κ3) is 4.56. The Morgan fingerprint density at radius 1 is 1.18 bits per heavy atom. The van der Waals surface area contributed by atoms with Crippen molar-refractivity contribution >= 4 is 34.9 Å². The lowest BCUT2D eigenvalue weighted by atomic mass is 10.1. The lowest BCUT2D eigenvalue weighted by Gasteiger charge is -2.09. The molecule has 1 aromatic carbocycles. The number of fused-ring (bicyclic) bond motifs is 1. The molecule has 0 aliphatic heterocycles. The average Bonchev–Trinajstić information content (AvgIpc) is 3.04. The predicted octanol–water partition coefficient (Wildman–Crippen LogP) is 3.84.